The highest BCUT2D eigenvalue weighted by molar-refractivity contribution is 9.10. The van der Waals surface area contributed by atoms with Crippen molar-refractivity contribution in [3.8, 4) is 0 Å². The van der Waals surface area contributed by atoms with Crippen LogP contribution in [-0.4, -0.2) is 11.3 Å². The molecule has 2 rings (SSSR count). The molecule has 0 fully saturated rings. The summed E-state index contributed by atoms with van der Waals surface area (Å²) in [5.74, 6) is 0.324. The maximum atomic E-state index is 10.3. The Kier molecular flexibility index (Phi) is 1.69. The summed E-state index contributed by atoms with van der Waals surface area (Å²) in [6, 6.07) is 3.38. The third-order valence-electron chi connectivity index (χ3n) is 1.50. The first-order valence-electron chi connectivity index (χ1n) is 3.30. The van der Waals surface area contributed by atoms with Crippen LogP contribution in [0.3, 0.4) is 0 Å². The molecule has 0 N–H and O–H groups in total. The van der Waals surface area contributed by atoms with E-state index in [1.165, 1.54) is 0 Å². The maximum absolute atomic E-state index is 10.3. The van der Waals surface area contributed by atoms with Crippen molar-refractivity contribution < 1.29 is 9.21 Å². The molecule has 0 aliphatic rings. The molecular formula is C8H4BrNO2. The highest BCUT2D eigenvalue weighted by Crippen LogP contribution is 2.20. The van der Waals surface area contributed by atoms with Gasteiger partial charge in [0.15, 0.2) is 12.0 Å². The van der Waals surface area contributed by atoms with Gasteiger partial charge in [0.2, 0.25) is 0 Å². The third-order valence-corrected chi connectivity index (χ3v) is 1.94. The lowest BCUT2D eigenvalue weighted by Gasteiger charge is -1.86. The minimum Gasteiger partial charge on any atom is -0.453 e. The number of carbonyl (C=O) groups is 1. The van der Waals surface area contributed by atoms with Gasteiger partial charge in [0.25, 0.3) is 0 Å². The molecule has 3 nitrogen and oxygen atoms in total. The van der Waals surface area contributed by atoms with Crippen LogP contribution >= 0.6 is 15.9 Å². The van der Waals surface area contributed by atoms with E-state index in [2.05, 4.69) is 20.9 Å². The first-order chi connectivity index (χ1) is 5.79. The van der Waals surface area contributed by atoms with E-state index < -0.39 is 0 Å². The van der Waals surface area contributed by atoms with Gasteiger partial charge in [0.1, 0.15) is 10.2 Å². The summed E-state index contributed by atoms with van der Waals surface area (Å²) in [6.07, 6.45) is 2.32. The van der Waals surface area contributed by atoms with Crippen molar-refractivity contribution in [3.63, 3.8) is 0 Å². The van der Waals surface area contributed by atoms with Gasteiger partial charge >= 0.3 is 0 Å². The molecule has 0 bridgehead atoms. The summed E-state index contributed by atoms with van der Waals surface area (Å²) >= 11 is 3.20. The van der Waals surface area contributed by atoms with Crippen LogP contribution in [0.15, 0.2) is 27.3 Å². The summed E-state index contributed by atoms with van der Waals surface area (Å²) in [7, 11) is 0. The molecule has 0 aliphatic carbocycles. The lowest BCUT2D eigenvalue weighted by atomic mass is 10.3. The van der Waals surface area contributed by atoms with E-state index in [0.717, 1.165) is 5.39 Å². The average molecular weight is 226 g/mol. The Morgan fingerprint density at radius 2 is 2.33 bits per heavy atom. The number of furan rings is 1. The van der Waals surface area contributed by atoms with Gasteiger partial charge in [-0.15, -0.1) is 0 Å². The molecule has 0 saturated heterocycles. The standard InChI is InChI=1S/C8H4BrNO2/c9-8-2-7-5(3-10-8)1-6(4-11)12-7/h1-4H. The van der Waals surface area contributed by atoms with Crippen molar-refractivity contribution in [2.24, 2.45) is 0 Å². The van der Waals surface area contributed by atoms with E-state index in [-0.39, 0.29) is 0 Å². The molecule has 0 spiro atoms. The van der Waals surface area contributed by atoms with E-state index >= 15 is 0 Å². The summed E-state index contributed by atoms with van der Waals surface area (Å²) in [4.78, 5) is 14.3. The van der Waals surface area contributed by atoms with Gasteiger partial charge in [-0.1, -0.05) is 0 Å². The van der Waals surface area contributed by atoms with E-state index in [1.807, 2.05) is 0 Å². The molecule has 0 radical (unpaired) electrons. The number of hydrogen-bond acceptors (Lipinski definition) is 3. The molecule has 0 atom stereocenters. The molecule has 2 aromatic heterocycles. The Balaban J connectivity index is 2.75. The molecule has 12 heavy (non-hydrogen) atoms. The predicted molar refractivity (Wildman–Crippen MR) is 47.1 cm³/mol. The SMILES string of the molecule is O=Cc1cc2cnc(Br)cc2o1. The lowest BCUT2D eigenvalue weighted by molar-refractivity contribution is 0.110. The fourth-order valence-electron chi connectivity index (χ4n) is 0.988. The van der Waals surface area contributed by atoms with Crippen molar-refractivity contribution in [1.29, 1.82) is 0 Å². The molecule has 0 unspecified atom stereocenters. The number of fused-ring (bicyclic) bond motifs is 1. The van der Waals surface area contributed by atoms with Gasteiger partial charge in [0.05, 0.1) is 0 Å². The fourth-order valence-corrected chi connectivity index (χ4v) is 1.30. The van der Waals surface area contributed by atoms with Gasteiger partial charge < -0.3 is 4.42 Å². The first-order valence-corrected chi connectivity index (χ1v) is 4.09. The smallest absolute Gasteiger partial charge is 0.185 e. The van der Waals surface area contributed by atoms with Crippen molar-refractivity contribution >= 4 is 33.2 Å². The first kappa shape index (κ1) is 7.49. The number of halogens is 1. The molecule has 2 heterocycles. The van der Waals surface area contributed by atoms with Gasteiger partial charge in [-0.2, -0.15) is 0 Å². The number of aromatic nitrogens is 1. The predicted octanol–water partition coefficient (Wildman–Crippen LogP) is 2.40. The molecule has 0 aliphatic heterocycles. The van der Waals surface area contributed by atoms with Crippen molar-refractivity contribution in [1.82, 2.24) is 4.98 Å². The minimum absolute atomic E-state index is 0.324. The molecular weight excluding hydrogens is 222 g/mol. The molecule has 0 amide bonds. The van der Waals surface area contributed by atoms with Gasteiger partial charge in [-0.05, 0) is 22.0 Å². The number of aldehydes is 1. The van der Waals surface area contributed by atoms with E-state index in [0.29, 0.717) is 22.2 Å². The second-order valence-corrected chi connectivity index (χ2v) is 3.12. The van der Waals surface area contributed by atoms with Crippen LogP contribution in [-0.2, 0) is 0 Å². The number of nitrogens with zero attached hydrogens (tertiary/aromatic N) is 1. The Labute approximate surface area is 76.5 Å². The number of rotatable bonds is 1. The molecule has 4 heteroatoms. The maximum Gasteiger partial charge on any atom is 0.185 e. The molecule has 0 aromatic carbocycles. The van der Waals surface area contributed by atoms with Crippen LogP contribution in [0.4, 0.5) is 0 Å². The minimum atomic E-state index is 0.324. The van der Waals surface area contributed by atoms with Crippen LogP contribution in [0.25, 0.3) is 11.0 Å². The second kappa shape index (κ2) is 2.71. The lowest BCUT2D eigenvalue weighted by Crippen LogP contribution is -1.71. The highest BCUT2D eigenvalue weighted by Gasteiger charge is 2.02. The van der Waals surface area contributed by atoms with Crippen molar-refractivity contribution in [2.75, 3.05) is 0 Å². The largest absolute Gasteiger partial charge is 0.453 e. The number of hydrogen-bond donors (Lipinski definition) is 0. The summed E-state index contributed by atoms with van der Waals surface area (Å²) in [5, 5.41) is 0.834. The summed E-state index contributed by atoms with van der Waals surface area (Å²) < 4.78 is 5.86. The normalized spacial score (nSPS) is 10.4. The van der Waals surface area contributed by atoms with Crippen LogP contribution < -0.4 is 0 Å². The zero-order valence-corrected chi connectivity index (χ0v) is 7.54. The van der Waals surface area contributed by atoms with Crippen LogP contribution in [0, 0.1) is 0 Å². The summed E-state index contributed by atoms with van der Waals surface area (Å²) in [5.41, 5.74) is 0.666. The third kappa shape index (κ3) is 1.14. The van der Waals surface area contributed by atoms with Gasteiger partial charge in [-0.3, -0.25) is 4.79 Å². The zero-order valence-electron chi connectivity index (χ0n) is 5.95. The van der Waals surface area contributed by atoms with Crippen LogP contribution in [0.2, 0.25) is 0 Å². The van der Waals surface area contributed by atoms with E-state index in [1.54, 1.807) is 18.3 Å². The number of pyridine rings is 1. The summed E-state index contributed by atoms with van der Waals surface area (Å²) in [6.45, 7) is 0. The Morgan fingerprint density at radius 1 is 1.50 bits per heavy atom. The van der Waals surface area contributed by atoms with Gasteiger partial charge in [0, 0.05) is 17.6 Å². The molecule has 2 aromatic rings. The quantitative estimate of drug-likeness (QED) is 0.553. The Bertz CT molecular complexity index is 436. The van der Waals surface area contributed by atoms with Crippen LogP contribution in [0.1, 0.15) is 10.6 Å². The Morgan fingerprint density at radius 3 is 3.08 bits per heavy atom. The van der Waals surface area contributed by atoms with Gasteiger partial charge in [-0.25, -0.2) is 4.98 Å². The number of carbonyl (C=O) groups excluding carboxylic acids is 1. The topological polar surface area (TPSA) is 43.1 Å². The zero-order chi connectivity index (χ0) is 8.55. The van der Waals surface area contributed by atoms with E-state index in [9.17, 15) is 4.79 Å². The fraction of sp³-hybridized carbons (Fsp3) is 0. The van der Waals surface area contributed by atoms with E-state index in [4.69, 9.17) is 4.42 Å². The second-order valence-electron chi connectivity index (χ2n) is 2.31. The highest BCUT2D eigenvalue weighted by atomic mass is 79.9. The van der Waals surface area contributed by atoms with Crippen molar-refractivity contribution in [2.45, 2.75) is 0 Å². The molecule has 60 valence electrons. The Hall–Kier alpha value is -1.16. The van der Waals surface area contributed by atoms with Crippen LogP contribution in [0.5, 0.6) is 0 Å². The van der Waals surface area contributed by atoms with Crippen molar-refractivity contribution in [3.05, 3.63) is 28.7 Å². The molecule has 0 saturated carbocycles. The average Bonchev–Trinajstić information content (AvgIpc) is 2.46. The monoisotopic (exact) mass is 225 g/mol.